The van der Waals surface area contributed by atoms with Crippen LogP contribution in [-0.2, 0) is 0 Å². The van der Waals surface area contributed by atoms with E-state index < -0.39 is 0 Å². The Morgan fingerprint density at radius 1 is 1.44 bits per heavy atom. The molecule has 1 rings (SSSR count). The molecule has 0 saturated heterocycles. The first-order chi connectivity index (χ1) is 7.52. The van der Waals surface area contributed by atoms with Crippen LogP contribution in [0.3, 0.4) is 0 Å². The number of hydrogen-bond donors (Lipinski definition) is 2. The lowest BCUT2D eigenvalue weighted by Crippen LogP contribution is -2.37. The number of benzene rings is 1. The van der Waals surface area contributed by atoms with Crippen LogP contribution < -0.4 is 10.6 Å². The van der Waals surface area contributed by atoms with Crippen molar-refractivity contribution in [3.63, 3.8) is 0 Å². The number of amides is 1. The third kappa shape index (κ3) is 3.62. The summed E-state index contributed by atoms with van der Waals surface area (Å²) in [5.74, 6) is -0.628. The maximum absolute atomic E-state index is 13.1. The summed E-state index contributed by atoms with van der Waals surface area (Å²) in [6.45, 7) is 4.23. The van der Waals surface area contributed by atoms with Crippen molar-refractivity contribution in [2.24, 2.45) is 0 Å². The highest BCUT2D eigenvalue weighted by Gasteiger charge is 2.08. The van der Waals surface area contributed by atoms with E-state index >= 15 is 0 Å². The zero-order valence-corrected chi connectivity index (χ0v) is 9.80. The molecule has 0 spiro atoms. The minimum absolute atomic E-state index is 0.193. The molecule has 1 aromatic carbocycles. The molecule has 0 fully saturated rings. The lowest BCUT2D eigenvalue weighted by molar-refractivity contribution is 0.0950. The molecule has 88 valence electrons. The molecule has 1 unspecified atom stereocenters. The predicted octanol–water partition coefficient (Wildman–Crippen LogP) is 1.47. The minimum Gasteiger partial charge on any atom is -0.350 e. The molecule has 2 N–H and O–H groups in total. The Kier molecular flexibility index (Phi) is 4.43. The van der Waals surface area contributed by atoms with E-state index in [1.54, 1.807) is 13.0 Å². The lowest BCUT2D eigenvalue weighted by atomic mass is 10.1. The maximum atomic E-state index is 13.1. The summed E-state index contributed by atoms with van der Waals surface area (Å²) in [6, 6.07) is 4.50. The summed E-state index contributed by atoms with van der Waals surface area (Å²) in [5.41, 5.74) is 1.10. The summed E-state index contributed by atoms with van der Waals surface area (Å²) >= 11 is 0. The van der Waals surface area contributed by atoms with Crippen molar-refractivity contribution in [3.05, 3.63) is 35.1 Å². The lowest BCUT2D eigenvalue weighted by Gasteiger charge is -2.11. The smallest absolute Gasteiger partial charge is 0.251 e. The van der Waals surface area contributed by atoms with Gasteiger partial charge in [0.05, 0.1) is 0 Å². The third-order valence-corrected chi connectivity index (χ3v) is 2.37. The van der Waals surface area contributed by atoms with Gasteiger partial charge in [0.1, 0.15) is 5.82 Å². The molecular weight excluding hydrogens is 207 g/mol. The first-order valence-corrected chi connectivity index (χ1v) is 5.25. The molecule has 3 nitrogen and oxygen atoms in total. The number of rotatable bonds is 4. The first-order valence-electron chi connectivity index (χ1n) is 5.25. The normalized spacial score (nSPS) is 12.2. The van der Waals surface area contributed by atoms with Gasteiger partial charge in [0, 0.05) is 18.2 Å². The third-order valence-electron chi connectivity index (χ3n) is 2.37. The van der Waals surface area contributed by atoms with Crippen LogP contribution in [-0.4, -0.2) is 25.5 Å². The molecule has 0 aliphatic heterocycles. The molecule has 1 amide bonds. The average Bonchev–Trinajstić information content (AvgIpc) is 2.23. The Labute approximate surface area is 95.0 Å². The molecule has 0 aliphatic carbocycles. The Morgan fingerprint density at radius 2 is 2.12 bits per heavy atom. The summed E-state index contributed by atoms with van der Waals surface area (Å²) < 4.78 is 13.1. The predicted molar refractivity (Wildman–Crippen MR) is 62.0 cm³/mol. The fourth-order valence-electron chi connectivity index (χ4n) is 1.32. The highest BCUT2D eigenvalue weighted by Crippen LogP contribution is 2.08. The van der Waals surface area contributed by atoms with Crippen molar-refractivity contribution in [3.8, 4) is 0 Å². The molecule has 0 radical (unpaired) electrons. The largest absolute Gasteiger partial charge is 0.350 e. The molecular formula is C12H17FN2O. The van der Waals surface area contributed by atoms with Crippen molar-refractivity contribution >= 4 is 5.91 Å². The number of carbonyl (C=O) groups excluding carboxylic acids is 1. The number of hydrogen-bond acceptors (Lipinski definition) is 2. The van der Waals surface area contributed by atoms with Gasteiger partial charge in [0.15, 0.2) is 0 Å². The van der Waals surface area contributed by atoms with E-state index in [9.17, 15) is 9.18 Å². The number of nitrogens with one attached hydrogen (secondary N) is 2. The second-order valence-corrected chi connectivity index (χ2v) is 3.92. The Bertz CT molecular complexity index is 359. The van der Waals surface area contributed by atoms with Crippen LogP contribution in [0.15, 0.2) is 18.2 Å². The second-order valence-electron chi connectivity index (χ2n) is 3.92. The SMILES string of the molecule is CNC(C)CNC(=O)c1cc(C)cc(F)c1. The topological polar surface area (TPSA) is 41.1 Å². The molecule has 0 aliphatic rings. The number of halogens is 1. The van der Waals surface area contributed by atoms with Gasteiger partial charge in [-0.15, -0.1) is 0 Å². The Hall–Kier alpha value is -1.42. The van der Waals surface area contributed by atoms with Gasteiger partial charge >= 0.3 is 0 Å². The summed E-state index contributed by atoms with van der Waals surface area (Å²) in [4.78, 5) is 11.7. The van der Waals surface area contributed by atoms with E-state index in [4.69, 9.17) is 0 Å². The van der Waals surface area contributed by atoms with E-state index in [1.807, 2.05) is 14.0 Å². The standard InChI is InChI=1S/C12H17FN2O/c1-8-4-10(6-11(13)5-8)12(16)15-7-9(2)14-3/h4-6,9,14H,7H2,1-3H3,(H,15,16). The van der Waals surface area contributed by atoms with E-state index in [0.717, 1.165) is 5.56 Å². The summed E-state index contributed by atoms with van der Waals surface area (Å²) in [6.07, 6.45) is 0. The number of carbonyl (C=O) groups is 1. The van der Waals surface area contributed by atoms with Gasteiger partial charge in [-0.25, -0.2) is 4.39 Å². The van der Waals surface area contributed by atoms with Crippen LogP contribution in [0.4, 0.5) is 4.39 Å². The van der Waals surface area contributed by atoms with Crippen molar-refractivity contribution in [2.75, 3.05) is 13.6 Å². The molecule has 1 atom stereocenters. The molecule has 0 bridgehead atoms. The highest BCUT2D eigenvalue weighted by molar-refractivity contribution is 5.94. The summed E-state index contributed by atoms with van der Waals surface area (Å²) in [7, 11) is 1.82. The first kappa shape index (κ1) is 12.6. The zero-order chi connectivity index (χ0) is 12.1. The molecule has 1 aromatic rings. The minimum atomic E-state index is -0.383. The monoisotopic (exact) mass is 224 g/mol. The van der Waals surface area contributed by atoms with Crippen molar-refractivity contribution in [2.45, 2.75) is 19.9 Å². The molecule has 0 heterocycles. The summed E-state index contributed by atoms with van der Waals surface area (Å²) in [5, 5.41) is 5.74. The Morgan fingerprint density at radius 3 is 2.69 bits per heavy atom. The molecule has 0 saturated carbocycles. The van der Waals surface area contributed by atoms with E-state index in [0.29, 0.717) is 12.1 Å². The molecule has 0 aromatic heterocycles. The van der Waals surface area contributed by atoms with Crippen molar-refractivity contribution in [1.82, 2.24) is 10.6 Å². The van der Waals surface area contributed by atoms with Crippen LogP contribution in [0.2, 0.25) is 0 Å². The van der Waals surface area contributed by atoms with Gasteiger partial charge in [0.2, 0.25) is 0 Å². The van der Waals surface area contributed by atoms with Crippen LogP contribution in [0.5, 0.6) is 0 Å². The number of aryl methyl sites for hydroxylation is 1. The average molecular weight is 224 g/mol. The quantitative estimate of drug-likeness (QED) is 0.813. The zero-order valence-electron chi connectivity index (χ0n) is 9.80. The van der Waals surface area contributed by atoms with E-state index in [1.165, 1.54) is 12.1 Å². The van der Waals surface area contributed by atoms with Crippen LogP contribution in [0, 0.1) is 12.7 Å². The maximum Gasteiger partial charge on any atom is 0.251 e. The van der Waals surface area contributed by atoms with Crippen LogP contribution in [0.25, 0.3) is 0 Å². The van der Waals surface area contributed by atoms with Gasteiger partial charge < -0.3 is 10.6 Å². The fraction of sp³-hybridized carbons (Fsp3) is 0.417. The van der Waals surface area contributed by atoms with Gasteiger partial charge in [-0.05, 0) is 44.7 Å². The highest BCUT2D eigenvalue weighted by atomic mass is 19.1. The van der Waals surface area contributed by atoms with E-state index in [2.05, 4.69) is 10.6 Å². The van der Waals surface area contributed by atoms with Crippen LogP contribution >= 0.6 is 0 Å². The fourth-order valence-corrected chi connectivity index (χ4v) is 1.32. The second kappa shape index (κ2) is 5.61. The molecule has 16 heavy (non-hydrogen) atoms. The van der Waals surface area contributed by atoms with Gasteiger partial charge in [-0.2, -0.15) is 0 Å². The van der Waals surface area contributed by atoms with E-state index in [-0.39, 0.29) is 17.8 Å². The van der Waals surface area contributed by atoms with Crippen molar-refractivity contribution < 1.29 is 9.18 Å². The Balaban J connectivity index is 2.66. The van der Waals surface area contributed by atoms with Crippen molar-refractivity contribution in [1.29, 1.82) is 0 Å². The molecule has 4 heteroatoms. The van der Waals surface area contributed by atoms with Gasteiger partial charge in [0.25, 0.3) is 5.91 Å². The van der Waals surface area contributed by atoms with Crippen LogP contribution in [0.1, 0.15) is 22.8 Å². The van der Waals surface area contributed by atoms with Gasteiger partial charge in [-0.1, -0.05) is 0 Å². The van der Waals surface area contributed by atoms with Gasteiger partial charge in [-0.3, -0.25) is 4.79 Å². The number of likely N-dealkylation sites (N-methyl/N-ethyl adjacent to an activating group) is 1.